The van der Waals surface area contributed by atoms with Crippen molar-refractivity contribution >= 4 is 16.7 Å². The van der Waals surface area contributed by atoms with Crippen molar-refractivity contribution in [3.8, 4) is 11.5 Å². The molecule has 0 fully saturated rings. The van der Waals surface area contributed by atoms with Gasteiger partial charge < -0.3 is 14.8 Å². The summed E-state index contributed by atoms with van der Waals surface area (Å²) in [6, 6.07) is 19.8. The lowest BCUT2D eigenvalue weighted by Crippen LogP contribution is -2.24. The van der Waals surface area contributed by atoms with Gasteiger partial charge in [0.25, 0.3) is 0 Å². The molecule has 0 saturated carbocycles. The smallest absolute Gasteiger partial charge is 0.224 e. The molecule has 0 aromatic heterocycles. The maximum atomic E-state index is 12.3. The van der Waals surface area contributed by atoms with Gasteiger partial charge in [0, 0.05) is 18.2 Å². The van der Waals surface area contributed by atoms with Gasteiger partial charge in [-0.05, 0) is 28.5 Å². The van der Waals surface area contributed by atoms with Crippen molar-refractivity contribution in [2.75, 3.05) is 14.2 Å². The van der Waals surface area contributed by atoms with Crippen molar-refractivity contribution in [1.29, 1.82) is 0 Å². The van der Waals surface area contributed by atoms with Gasteiger partial charge in [-0.25, -0.2) is 0 Å². The lowest BCUT2D eigenvalue weighted by atomic mass is 10.0. The summed E-state index contributed by atoms with van der Waals surface area (Å²) in [6.07, 6.45) is 0.351. The van der Waals surface area contributed by atoms with Crippen LogP contribution in [0.15, 0.2) is 60.7 Å². The number of carbonyl (C=O) groups is 1. The molecule has 0 saturated heterocycles. The first kappa shape index (κ1) is 16.8. The predicted octanol–water partition coefficient (Wildman–Crippen LogP) is 3.72. The molecule has 1 N–H and O–H groups in total. The van der Waals surface area contributed by atoms with Crippen LogP contribution in [0, 0.1) is 0 Å². The van der Waals surface area contributed by atoms with Gasteiger partial charge in [-0.3, -0.25) is 4.79 Å². The molecule has 3 aromatic rings. The first-order valence-corrected chi connectivity index (χ1v) is 8.15. The Morgan fingerprint density at radius 3 is 2.48 bits per heavy atom. The van der Waals surface area contributed by atoms with Crippen LogP contribution >= 0.6 is 0 Å². The third-order valence-electron chi connectivity index (χ3n) is 4.15. The number of rotatable bonds is 6. The van der Waals surface area contributed by atoms with Gasteiger partial charge in [0.15, 0.2) is 0 Å². The van der Waals surface area contributed by atoms with Crippen LogP contribution < -0.4 is 14.8 Å². The highest BCUT2D eigenvalue weighted by Gasteiger charge is 2.08. The Morgan fingerprint density at radius 1 is 0.920 bits per heavy atom. The Bertz CT molecular complexity index is 889. The van der Waals surface area contributed by atoms with E-state index in [4.69, 9.17) is 9.47 Å². The van der Waals surface area contributed by atoms with Crippen molar-refractivity contribution < 1.29 is 14.3 Å². The molecular weight excluding hydrogens is 314 g/mol. The first-order chi connectivity index (χ1) is 12.2. The minimum atomic E-state index is -0.0202. The molecule has 3 aromatic carbocycles. The van der Waals surface area contributed by atoms with E-state index in [0.717, 1.165) is 22.3 Å². The summed E-state index contributed by atoms with van der Waals surface area (Å²) >= 11 is 0. The molecule has 0 aliphatic carbocycles. The van der Waals surface area contributed by atoms with Crippen LogP contribution in [-0.2, 0) is 17.8 Å². The Balaban J connectivity index is 1.64. The molecule has 0 unspecified atom stereocenters. The third kappa shape index (κ3) is 4.10. The topological polar surface area (TPSA) is 47.6 Å². The van der Waals surface area contributed by atoms with Crippen LogP contribution in [0.2, 0.25) is 0 Å². The third-order valence-corrected chi connectivity index (χ3v) is 4.15. The fourth-order valence-corrected chi connectivity index (χ4v) is 2.79. The van der Waals surface area contributed by atoms with Crippen molar-refractivity contribution in [3.05, 3.63) is 71.8 Å². The van der Waals surface area contributed by atoms with Crippen LogP contribution in [0.25, 0.3) is 10.8 Å². The largest absolute Gasteiger partial charge is 0.497 e. The average Bonchev–Trinajstić information content (AvgIpc) is 2.66. The molecule has 4 nitrogen and oxygen atoms in total. The number of methoxy groups -OCH3 is 2. The quantitative estimate of drug-likeness (QED) is 0.747. The average molecular weight is 335 g/mol. The van der Waals surface area contributed by atoms with Crippen LogP contribution in [-0.4, -0.2) is 20.1 Å². The summed E-state index contributed by atoms with van der Waals surface area (Å²) in [7, 11) is 3.22. The van der Waals surface area contributed by atoms with Gasteiger partial charge in [-0.15, -0.1) is 0 Å². The molecule has 0 bridgehead atoms. The summed E-state index contributed by atoms with van der Waals surface area (Å²) in [4.78, 5) is 12.3. The monoisotopic (exact) mass is 335 g/mol. The van der Waals surface area contributed by atoms with Crippen molar-refractivity contribution in [2.45, 2.75) is 13.0 Å². The number of hydrogen-bond acceptors (Lipinski definition) is 3. The van der Waals surface area contributed by atoms with E-state index in [-0.39, 0.29) is 5.91 Å². The highest BCUT2D eigenvalue weighted by Crippen LogP contribution is 2.24. The highest BCUT2D eigenvalue weighted by molar-refractivity contribution is 5.85. The number of nitrogens with one attached hydrogen (secondary N) is 1. The summed E-state index contributed by atoms with van der Waals surface area (Å²) < 4.78 is 10.5. The second-order valence-corrected chi connectivity index (χ2v) is 5.81. The summed E-state index contributed by atoms with van der Waals surface area (Å²) in [5, 5.41) is 5.27. The Morgan fingerprint density at radius 2 is 1.72 bits per heavy atom. The van der Waals surface area contributed by atoms with Crippen molar-refractivity contribution in [1.82, 2.24) is 5.32 Å². The number of carbonyl (C=O) groups excluding carboxylic acids is 1. The molecule has 25 heavy (non-hydrogen) atoms. The molecule has 4 heteroatoms. The lowest BCUT2D eigenvalue weighted by Gasteiger charge is -2.11. The van der Waals surface area contributed by atoms with Gasteiger partial charge >= 0.3 is 0 Å². The number of ether oxygens (including phenoxy) is 2. The van der Waals surface area contributed by atoms with Crippen LogP contribution in [0.4, 0.5) is 0 Å². The number of benzene rings is 3. The van der Waals surface area contributed by atoms with E-state index in [1.54, 1.807) is 14.2 Å². The molecule has 0 spiro atoms. The first-order valence-electron chi connectivity index (χ1n) is 8.15. The van der Waals surface area contributed by atoms with E-state index in [1.165, 1.54) is 5.39 Å². The van der Waals surface area contributed by atoms with Crippen LogP contribution in [0.3, 0.4) is 0 Å². The van der Waals surface area contributed by atoms with Gasteiger partial charge in [-0.2, -0.15) is 0 Å². The zero-order valence-corrected chi connectivity index (χ0v) is 14.4. The Labute approximate surface area is 147 Å². The molecule has 1 amide bonds. The molecule has 3 rings (SSSR count). The number of fused-ring (bicyclic) bond motifs is 1. The van der Waals surface area contributed by atoms with E-state index in [9.17, 15) is 4.79 Å². The van der Waals surface area contributed by atoms with Gasteiger partial charge in [0.1, 0.15) is 11.5 Å². The molecule has 128 valence electrons. The van der Waals surface area contributed by atoms with E-state index >= 15 is 0 Å². The SMILES string of the molecule is COc1ccc(CNC(=O)Cc2ccc3ccccc3c2)c(OC)c1. The second-order valence-electron chi connectivity index (χ2n) is 5.81. The van der Waals surface area contributed by atoms with Gasteiger partial charge in [-0.1, -0.05) is 42.5 Å². The normalized spacial score (nSPS) is 10.5. The Kier molecular flexibility index (Phi) is 5.19. The molecule has 0 aliphatic heterocycles. The van der Waals surface area contributed by atoms with Crippen LogP contribution in [0.5, 0.6) is 11.5 Å². The maximum absolute atomic E-state index is 12.3. The fraction of sp³-hybridized carbons (Fsp3) is 0.190. The van der Waals surface area contributed by atoms with Crippen molar-refractivity contribution in [3.63, 3.8) is 0 Å². The fourth-order valence-electron chi connectivity index (χ4n) is 2.79. The highest BCUT2D eigenvalue weighted by atomic mass is 16.5. The number of amides is 1. The summed E-state index contributed by atoms with van der Waals surface area (Å²) in [5.41, 5.74) is 1.91. The standard InChI is InChI=1S/C21H21NO3/c1-24-19-10-9-18(20(13-19)25-2)14-22-21(23)12-15-7-8-16-5-3-4-6-17(16)11-15/h3-11,13H,12,14H2,1-2H3,(H,22,23). The lowest BCUT2D eigenvalue weighted by molar-refractivity contribution is -0.120. The Hall–Kier alpha value is -3.01. The second kappa shape index (κ2) is 7.71. The van der Waals surface area contributed by atoms with E-state index in [2.05, 4.69) is 23.5 Å². The van der Waals surface area contributed by atoms with Gasteiger partial charge in [0.05, 0.1) is 20.6 Å². The zero-order valence-electron chi connectivity index (χ0n) is 14.4. The molecule has 0 aliphatic rings. The minimum absolute atomic E-state index is 0.0202. The zero-order chi connectivity index (χ0) is 17.6. The predicted molar refractivity (Wildman–Crippen MR) is 99.0 cm³/mol. The summed E-state index contributed by atoms with van der Waals surface area (Å²) in [6.45, 7) is 0.416. The summed E-state index contributed by atoms with van der Waals surface area (Å²) in [5.74, 6) is 1.40. The van der Waals surface area contributed by atoms with Crippen molar-refractivity contribution in [2.24, 2.45) is 0 Å². The van der Waals surface area contributed by atoms with Gasteiger partial charge in [0.2, 0.25) is 5.91 Å². The van der Waals surface area contributed by atoms with Crippen LogP contribution in [0.1, 0.15) is 11.1 Å². The molecule has 0 heterocycles. The number of hydrogen-bond donors (Lipinski definition) is 1. The minimum Gasteiger partial charge on any atom is -0.497 e. The molecule has 0 atom stereocenters. The van der Waals surface area contributed by atoms with E-state index < -0.39 is 0 Å². The molecule has 0 radical (unpaired) electrons. The van der Waals surface area contributed by atoms with E-state index in [0.29, 0.717) is 18.7 Å². The van der Waals surface area contributed by atoms with E-state index in [1.807, 2.05) is 42.5 Å². The maximum Gasteiger partial charge on any atom is 0.224 e. The molecular formula is C21H21NO3.